The van der Waals surface area contributed by atoms with Crippen molar-refractivity contribution in [2.75, 3.05) is 19.4 Å². The van der Waals surface area contributed by atoms with Crippen LogP contribution in [-0.2, 0) is 6.54 Å². The van der Waals surface area contributed by atoms with E-state index in [0.29, 0.717) is 23.7 Å². The van der Waals surface area contributed by atoms with Crippen LogP contribution in [0.5, 0.6) is 0 Å². The summed E-state index contributed by atoms with van der Waals surface area (Å²) in [6.07, 6.45) is 8.10. The number of rotatable bonds is 6. The van der Waals surface area contributed by atoms with E-state index in [0.717, 1.165) is 28.1 Å². The maximum absolute atomic E-state index is 10.4. The lowest BCUT2D eigenvalue weighted by Gasteiger charge is -2.18. The number of pyridine rings is 2. The molecule has 2 N–H and O–H groups in total. The first-order valence-corrected chi connectivity index (χ1v) is 9.73. The molecule has 0 aromatic carbocycles. The minimum absolute atomic E-state index is 0.564. The van der Waals surface area contributed by atoms with Crippen molar-refractivity contribution in [2.24, 2.45) is 0 Å². The summed E-state index contributed by atoms with van der Waals surface area (Å²) in [5, 5.41) is 13.7. The highest BCUT2D eigenvalue weighted by Gasteiger charge is 2.17. The molecular weight excluding hydrogens is 378 g/mol. The third-order valence-electron chi connectivity index (χ3n) is 4.98. The van der Waals surface area contributed by atoms with Crippen LogP contribution in [0.4, 0.5) is 5.82 Å². The summed E-state index contributed by atoms with van der Waals surface area (Å²) < 4.78 is 1.85. The molecule has 0 fully saturated rings. The van der Waals surface area contributed by atoms with Gasteiger partial charge in [0.25, 0.3) is 0 Å². The molecule has 0 saturated carbocycles. The van der Waals surface area contributed by atoms with Gasteiger partial charge in [-0.05, 0) is 51.2 Å². The number of nitrogens with one attached hydrogen (secondary N) is 1. The average molecular weight is 403 g/mol. The predicted molar refractivity (Wildman–Crippen MR) is 116 cm³/mol. The molecule has 1 unspecified atom stereocenters. The first-order chi connectivity index (χ1) is 14.4. The van der Waals surface area contributed by atoms with Crippen LogP contribution in [0.3, 0.4) is 0 Å². The number of hydrogen-bond donors (Lipinski definition) is 2. The minimum Gasteiger partial charge on any atom is -0.372 e. The fourth-order valence-electron chi connectivity index (χ4n) is 3.43. The quantitative estimate of drug-likeness (QED) is 0.478. The molecule has 4 heterocycles. The molecule has 0 saturated heterocycles. The van der Waals surface area contributed by atoms with Gasteiger partial charge >= 0.3 is 0 Å². The summed E-state index contributed by atoms with van der Waals surface area (Å²) in [6.45, 7) is 4.60. The van der Waals surface area contributed by atoms with Crippen LogP contribution in [0.1, 0.15) is 28.7 Å². The van der Waals surface area contributed by atoms with Crippen molar-refractivity contribution in [2.45, 2.75) is 26.6 Å². The molecule has 4 aromatic heterocycles. The predicted octanol–water partition coefficient (Wildman–Crippen LogP) is 2.97. The summed E-state index contributed by atoms with van der Waals surface area (Å²) in [7, 11) is 3.63. The zero-order valence-corrected chi connectivity index (χ0v) is 17.5. The molecule has 0 radical (unpaired) electrons. The van der Waals surface area contributed by atoms with Gasteiger partial charge in [-0.25, -0.2) is 9.97 Å². The summed E-state index contributed by atoms with van der Waals surface area (Å²) in [5.41, 5.74) is 6.50. The molecule has 30 heavy (non-hydrogen) atoms. The zero-order chi connectivity index (χ0) is 21.3. The van der Waals surface area contributed by atoms with Crippen molar-refractivity contribution in [3.05, 3.63) is 71.7 Å². The van der Waals surface area contributed by atoms with Crippen molar-refractivity contribution >= 4 is 11.5 Å². The Kier molecular flexibility index (Phi) is 5.43. The molecule has 0 bridgehead atoms. The first kappa shape index (κ1) is 19.9. The second kappa shape index (κ2) is 8.17. The molecule has 4 aromatic rings. The van der Waals surface area contributed by atoms with Crippen LogP contribution < -0.4 is 5.32 Å². The normalized spacial score (nSPS) is 12.5. The first-order valence-electron chi connectivity index (χ1n) is 9.73. The Labute approximate surface area is 175 Å². The second-order valence-electron chi connectivity index (χ2n) is 7.54. The third kappa shape index (κ3) is 3.87. The van der Waals surface area contributed by atoms with E-state index in [1.807, 2.05) is 43.7 Å². The Bertz CT molecular complexity index is 1190. The summed E-state index contributed by atoms with van der Waals surface area (Å²) >= 11 is 0. The monoisotopic (exact) mass is 403 g/mol. The third-order valence-corrected chi connectivity index (χ3v) is 4.98. The maximum atomic E-state index is 10.4. The van der Waals surface area contributed by atoms with Crippen molar-refractivity contribution in [3.63, 3.8) is 0 Å². The van der Waals surface area contributed by atoms with Crippen molar-refractivity contribution in [1.82, 2.24) is 29.2 Å². The van der Waals surface area contributed by atoms with E-state index in [1.165, 1.54) is 0 Å². The number of aromatic nitrogens is 5. The van der Waals surface area contributed by atoms with Gasteiger partial charge in [0.05, 0.1) is 17.6 Å². The Morgan fingerprint density at radius 1 is 1.07 bits per heavy atom. The lowest BCUT2D eigenvalue weighted by atomic mass is 10.1. The Balaban J connectivity index is 1.55. The number of hydrogen-bond acceptors (Lipinski definition) is 7. The van der Waals surface area contributed by atoms with Gasteiger partial charge in [0.2, 0.25) is 0 Å². The van der Waals surface area contributed by atoms with Crippen LogP contribution in [0, 0.1) is 13.8 Å². The highest BCUT2D eigenvalue weighted by atomic mass is 16.3. The van der Waals surface area contributed by atoms with E-state index in [1.54, 1.807) is 29.7 Å². The number of fused-ring (bicyclic) bond motifs is 1. The zero-order valence-electron chi connectivity index (χ0n) is 17.5. The van der Waals surface area contributed by atoms with Crippen LogP contribution in [0.15, 0.2) is 49.2 Å². The van der Waals surface area contributed by atoms with Crippen molar-refractivity contribution < 1.29 is 5.11 Å². The summed E-state index contributed by atoms with van der Waals surface area (Å²) in [6, 6.07) is 6.14. The van der Waals surface area contributed by atoms with E-state index in [4.69, 9.17) is 0 Å². The molecule has 0 spiro atoms. The van der Waals surface area contributed by atoms with Crippen molar-refractivity contribution in [3.8, 4) is 11.3 Å². The Morgan fingerprint density at radius 2 is 1.90 bits per heavy atom. The SMILES string of the molecule is Cc1cc(-c2ncc(CNc3nccn4c(C(O)N(C)C)cnc34)cc2C)ccn1. The summed E-state index contributed by atoms with van der Waals surface area (Å²) in [4.78, 5) is 19.5. The van der Waals surface area contributed by atoms with Gasteiger partial charge in [-0.15, -0.1) is 0 Å². The smallest absolute Gasteiger partial charge is 0.180 e. The van der Waals surface area contributed by atoms with Crippen LogP contribution >= 0.6 is 0 Å². The molecule has 0 amide bonds. The molecule has 154 valence electrons. The number of nitrogens with zero attached hydrogens (tertiary/aromatic N) is 6. The van der Waals surface area contributed by atoms with Crippen LogP contribution in [-0.4, -0.2) is 48.4 Å². The van der Waals surface area contributed by atoms with Gasteiger partial charge in [0.1, 0.15) is 6.23 Å². The lowest BCUT2D eigenvalue weighted by Crippen LogP contribution is -2.20. The number of aryl methyl sites for hydroxylation is 2. The summed E-state index contributed by atoms with van der Waals surface area (Å²) in [5.74, 6) is 0.654. The van der Waals surface area contributed by atoms with Gasteiger partial charge in [0, 0.05) is 42.6 Å². The van der Waals surface area contributed by atoms with E-state index in [2.05, 4.69) is 38.2 Å². The fraction of sp³-hybridized carbons (Fsp3) is 0.273. The van der Waals surface area contributed by atoms with Gasteiger partial charge < -0.3 is 10.4 Å². The van der Waals surface area contributed by atoms with Gasteiger partial charge in [-0.1, -0.05) is 6.07 Å². The topological polar surface area (TPSA) is 91.5 Å². The second-order valence-corrected chi connectivity index (χ2v) is 7.54. The molecule has 1 atom stereocenters. The van der Waals surface area contributed by atoms with Gasteiger partial charge in [-0.3, -0.25) is 19.3 Å². The van der Waals surface area contributed by atoms with E-state index >= 15 is 0 Å². The largest absolute Gasteiger partial charge is 0.372 e. The molecule has 0 aliphatic carbocycles. The molecular formula is C22H25N7O. The van der Waals surface area contributed by atoms with Crippen molar-refractivity contribution in [1.29, 1.82) is 0 Å². The highest BCUT2D eigenvalue weighted by molar-refractivity contribution is 5.64. The van der Waals surface area contributed by atoms with Gasteiger partial charge in [0.15, 0.2) is 11.5 Å². The Hall–Kier alpha value is -3.36. The van der Waals surface area contributed by atoms with Crippen LogP contribution in [0.2, 0.25) is 0 Å². The minimum atomic E-state index is -0.744. The number of aliphatic hydroxyl groups is 1. The molecule has 8 heteroatoms. The number of anilines is 1. The number of imidazole rings is 1. The standard InChI is InChI=1S/C22H25N7O/c1-14-9-16(11-25-19(14)17-5-6-23-15(2)10-17)12-26-20-21-27-13-18(22(30)28(3)4)29(21)8-7-24-20/h5-11,13,22,30H,12H2,1-4H3,(H,24,26). The average Bonchev–Trinajstić information content (AvgIpc) is 3.16. The van der Waals surface area contributed by atoms with Gasteiger partial charge in [-0.2, -0.15) is 0 Å². The highest BCUT2D eigenvalue weighted by Crippen LogP contribution is 2.23. The number of aliphatic hydroxyl groups excluding tert-OH is 1. The van der Waals surface area contributed by atoms with E-state index < -0.39 is 6.23 Å². The van der Waals surface area contributed by atoms with E-state index in [-0.39, 0.29) is 0 Å². The Morgan fingerprint density at radius 3 is 2.63 bits per heavy atom. The molecule has 4 rings (SSSR count). The molecule has 0 aliphatic heterocycles. The fourth-order valence-corrected chi connectivity index (χ4v) is 3.43. The molecule has 0 aliphatic rings. The van der Waals surface area contributed by atoms with Crippen LogP contribution in [0.25, 0.3) is 16.9 Å². The maximum Gasteiger partial charge on any atom is 0.180 e. The van der Waals surface area contributed by atoms with E-state index in [9.17, 15) is 5.11 Å². The lowest BCUT2D eigenvalue weighted by molar-refractivity contribution is 0.0351. The molecule has 8 nitrogen and oxygen atoms in total.